The number of hydrogen-bond donors (Lipinski definition) is 0. The third kappa shape index (κ3) is 12.7. The van der Waals surface area contributed by atoms with Crippen LogP contribution in [-0.2, 0) is 0 Å². The molecule has 9 nitrogen and oxygen atoms in total. The quantitative estimate of drug-likeness (QED) is 0.408. The summed E-state index contributed by atoms with van der Waals surface area (Å²) in [6.45, 7) is 15.3. The zero-order valence-corrected chi connectivity index (χ0v) is 20.1. The first-order valence-electron chi connectivity index (χ1n) is 10.1. The van der Waals surface area contributed by atoms with Crippen molar-refractivity contribution in [1.29, 1.82) is 0 Å². The minimum absolute atomic E-state index is 0.775. The summed E-state index contributed by atoms with van der Waals surface area (Å²) in [4.78, 5) is 35.4. The van der Waals surface area contributed by atoms with Gasteiger partial charge in [-0.3, -0.25) is 0 Å². The molecule has 0 aromatic carbocycles. The second-order valence-corrected chi connectivity index (χ2v) is 6.87. The molecular formula is C23H31N9. The van der Waals surface area contributed by atoms with Crippen LogP contribution in [0.3, 0.4) is 0 Å². The van der Waals surface area contributed by atoms with Crippen LogP contribution in [0.5, 0.6) is 0 Å². The monoisotopic (exact) mass is 433 g/mol. The Labute approximate surface area is 190 Å². The smallest absolute Gasteiger partial charge is 0.129 e. The lowest BCUT2D eigenvalue weighted by Gasteiger charge is -1.89. The van der Waals surface area contributed by atoms with Crippen LogP contribution in [0.15, 0.2) is 43.2 Å². The first-order valence-corrected chi connectivity index (χ1v) is 10.1. The van der Waals surface area contributed by atoms with E-state index in [4.69, 9.17) is 0 Å². The molecule has 0 aliphatic rings. The van der Waals surface area contributed by atoms with Crippen molar-refractivity contribution in [2.75, 3.05) is 0 Å². The van der Waals surface area contributed by atoms with Gasteiger partial charge in [-0.25, -0.2) is 44.9 Å². The average Bonchev–Trinajstić information content (AvgIpc) is 2.69. The maximum atomic E-state index is 4.06. The van der Waals surface area contributed by atoms with E-state index in [2.05, 4.69) is 44.9 Å². The van der Waals surface area contributed by atoms with Gasteiger partial charge >= 0.3 is 0 Å². The molecule has 0 aliphatic heterocycles. The highest BCUT2D eigenvalue weighted by molar-refractivity contribution is 5.03. The molecule has 0 saturated carbocycles. The molecule has 0 bridgehead atoms. The van der Waals surface area contributed by atoms with Crippen molar-refractivity contribution in [2.45, 2.75) is 55.4 Å². The lowest BCUT2D eigenvalue weighted by Crippen LogP contribution is -1.91. The van der Waals surface area contributed by atoms with Crippen molar-refractivity contribution in [3.63, 3.8) is 0 Å². The Morgan fingerprint density at radius 3 is 1.00 bits per heavy atom. The minimum Gasteiger partial charge on any atom is -0.242 e. The van der Waals surface area contributed by atoms with Crippen molar-refractivity contribution in [3.05, 3.63) is 89.3 Å². The predicted molar refractivity (Wildman–Crippen MR) is 124 cm³/mol. The molecule has 0 amide bonds. The molecule has 9 heteroatoms. The Morgan fingerprint density at radius 1 is 0.406 bits per heavy atom. The molecule has 32 heavy (non-hydrogen) atoms. The van der Waals surface area contributed by atoms with Gasteiger partial charge in [0.15, 0.2) is 0 Å². The molecule has 4 aromatic heterocycles. The summed E-state index contributed by atoms with van der Waals surface area (Å²) in [5.74, 6) is 3.23. The number of rotatable bonds is 0. The van der Waals surface area contributed by atoms with E-state index in [-0.39, 0.29) is 0 Å². The summed E-state index contributed by atoms with van der Waals surface area (Å²) in [7, 11) is 0. The first kappa shape index (κ1) is 26.3. The maximum Gasteiger partial charge on any atom is 0.129 e. The second kappa shape index (κ2) is 14.3. The molecule has 168 valence electrons. The molecule has 4 aromatic rings. The fourth-order valence-electron chi connectivity index (χ4n) is 2.22. The van der Waals surface area contributed by atoms with E-state index < -0.39 is 0 Å². The van der Waals surface area contributed by atoms with Crippen LogP contribution in [0.2, 0.25) is 0 Å². The van der Waals surface area contributed by atoms with Crippen LogP contribution in [0, 0.1) is 55.4 Å². The summed E-state index contributed by atoms with van der Waals surface area (Å²) in [6.07, 6.45) is 6.61. The highest BCUT2D eigenvalue weighted by Gasteiger charge is 1.86. The van der Waals surface area contributed by atoms with Gasteiger partial charge in [-0.15, -0.1) is 0 Å². The Bertz CT molecular complexity index is 841. The highest BCUT2D eigenvalue weighted by atomic mass is 15.0. The average molecular weight is 434 g/mol. The Kier molecular flexibility index (Phi) is 11.7. The molecule has 0 spiro atoms. The zero-order valence-electron chi connectivity index (χ0n) is 20.1. The molecule has 0 saturated heterocycles. The van der Waals surface area contributed by atoms with Crippen LogP contribution in [0.4, 0.5) is 0 Å². The van der Waals surface area contributed by atoms with E-state index in [1.807, 2.05) is 73.6 Å². The van der Waals surface area contributed by atoms with E-state index >= 15 is 0 Å². The van der Waals surface area contributed by atoms with Gasteiger partial charge in [0.05, 0.1) is 0 Å². The standard InChI is InChI=1S/3C6H8N2.C5H7N3/c1-5-3-6(2)8-4-7-5;2*1-5-3-4-7-6(2)8-5;1-4-6-3-7-5(2)8-4/h3*3-4H,1-2H3;3H,1-2H3. The van der Waals surface area contributed by atoms with E-state index in [1.165, 1.54) is 6.33 Å². The number of hydrogen-bond acceptors (Lipinski definition) is 9. The van der Waals surface area contributed by atoms with Gasteiger partial charge in [-0.1, -0.05) is 0 Å². The van der Waals surface area contributed by atoms with Gasteiger partial charge in [-0.2, -0.15) is 0 Å². The molecule has 0 atom stereocenters. The Hall–Kier alpha value is -3.75. The Morgan fingerprint density at radius 2 is 0.781 bits per heavy atom. The van der Waals surface area contributed by atoms with E-state index in [9.17, 15) is 0 Å². The Balaban J connectivity index is 0.000000213. The molecule has 0 radical (unpaired) electrons. The lowest BCUT2D eigenvalue weighted by atomic mass is 10.4. The largest absolute Gasteiger partial charge is 0.242 e. The van der Waals surface area contributed by atoms with Crippen molar-refractivity contribution < 1.29 is 0 Å². The third-order valence-corrected chi connectivity index (χ3v) is 3.58. The van der Waals surface area contributed by atoms with Crippen molar-refractivity contribution in [3.8, 4) is 0 Å². The maximum absolute atomic E-state index is 4.06. The number of aryl methyl sites for hydroxylation is 8. The lowest BCUT2D eigenvalue weighted by molar-refractivity contribution is 0.920. The molecule has 0 fully saturated rings. The van der Waals surface area contributed by atoms with Gasteiger partial charge in [0, 0.05) is 35.2 Å². The number of aromatic nitrogens is 9. The fourth-order valence-corrected chi connectivity index (χ4v) is 2.22. The predicted octanol–water partition coefficient (Wildman–Crippen LogP) is 3.77. The van der Waals surface area contributed by atoms with Crippen molar-refractivity contribution >= 4 is 0 Å². The number of nitrogens with zero attached hydrogens (tertiary/aromatic N) is 9. The molecule has 0 N–H and O–H groups in total. The van der Waals surface area contributed by atoms with Crippen LogP contribution >= 0.6 is 0 Å². The topological polar surface area (TPSA) is 116 Å². The summed E-state index contributed by atoms with van der Waals surface area (Å²) in [5, 5.41) is 0. The van der Waals surface area contributed by atoms with Crippen LogP contribution < -0.4 is 0 Å². The third-order valence-electron chi connectivity index (χ3n) is 3.58. The fraction of sp³-hybridized carbons (Fsp3) is 0.348. The summed E-state index contributed by atoms with van der Waals surface area (Å²) in [5.41, 5.74) is 4.10. The highest BCUT2D eigenvalue weighted by Crippen LogP contribution is 1.92. The molecular weight excluding hydrogens is 402 g/mol. The molecule has 0 unspecified atom stereocenters. The van der Waals surface area contributed by atoms with Crippen LogP contribution in [0.1, 0.15) is 46.1 Å². The second-order valence-electron chi connectivity index (χ2n) is 6.87. The van der Waals surface area contributed by atoms with Gasteiger partial charge in [0.2, 0.25) is 0 Å². The SMILES string of the molecule is Cc1cc(C)ncn1.Cc1ccnc(C)n1.Cc1ccnc(C)n1.Cc1ncnc(C)n1. The zero-order chi connectivity index (χ0) is 23.9. The normalized spacial score (nSPS) is 9.25. The molecule has 0 aliphatic carbocycles. The van der Waals surface area contributed by atoms with Crippen LogP contribution in [-0.4, -0.2) is 44.9 Å². The van der Waals surface area contributed by atoms with Gasteiger partial charge in [0.1, 0.15) is 36.0 Å². The minimum atomic E-state index is 0.775. The van der Waals surface area contributed by atoms with E-state index in [1.54, 1.807) is 18.7 Å². The molecule has 4 heterocycles. The first-order chi connectivity index (χ1) is 15.2. The van der Waals surface area contributed by atoms with E-state index in [0.717, 1.165) is 46.1 Å². The summed E-state index contributed by atoms with van der Waals surface area (Å²) < 4.78 is 0. The van der Waals surface area contributed by atoms with Gasteiger partial charge in [-0.05, 0) is 73.6 Å². The summed E-state index contributed by atoms with van der Waals surface area (Å²) >= 11 is 0. The molecule has 4 rings (SSSR count). The van der Waals surface area contributed by atoms with Crippen LogP contribution in [0.25, 0.3) is 0 Å². The van der Waals surface area contributed by atoms with Gasteiger partial charge < -0.3 is 0 Å². The van der Waals surface area contributed by atoms with E-state index in [0.29, 0.717) is 0 Å². The van der Waals surface area contributed by atoms with Gasteiger partial charge in [0.25, 0.3) is 0 Å². The van der Waals surface area contributed by atoms with Crippen molar-refractivity contribution in [1.82, 2.24) is 44.9 Å². The summed E-state index contributed by atoms with van der Waals surface area (Å²) in [6, 6.07) is 5.71. The van der Waals surface area contributed by atoms with Crippen molar-refractivity contribution in [2.24, 2.45) is 0 Å².